The average Bonchev–Trinajstić information content (AvgIpc) is 3.29. The fourth-order valence-corrected chi connectivity index (χ4v) is 5.28. The zero-order valence-corrected chi connectivity index (χ0v) is 20.8. The highest BCUT2D eigenvalue weighted by Crippen LogP contribution is 2.38. The fraction of sp³-hybridized carbons (Fsp3) is 0.250. The van der Waals surface area contributed by atoms with E-state index in [1.165, 1.54) is 0 Å². The smallest absolute Gasteiger partial charge is 0.253 e. The van der Waals surface area contributed by atoms with Crippen LogP contribution in [0.2, 0.25) is 0 Å². The van der Waals surface area contributed by atoms with Gasteiger partial charge in [-0.2, -0.15) is 0 Å². The molecule has 1 aromatic carbocycles. The number of hydrogen-bond acceptors (Lipinski definition) is 7. The van der Waals surface area contributed by atoms with E-state index in [0.29, 0.717) is 36.2 Å². The number of pyridine rings is 1. The van der Waals surface area contributed by atoms with E-state index in [-0.39, 0.29) is 23.8 Å². The van der Waals surface area contributed by atoms with E-state index in [9.17, 15) is 4.79 Å². The van der Waals surface area contributed by atoms with Crippen molar-refractivity contribution >= 4 is 34.9 Å². The molecule has 6 rings (SSSR count). The second-order valence-electron chi connectivity index (χ2n) is 9.49. The maximum Gasteiger partial charge on any atom is 0.253 e. The molecule has 8 nitrogen and oxygen atoms in total. The molecule has 0 saturated carbocycles. The van der Waals surface area contributed by atoms with Crippen molar-refractivity contribution in [2.24, 2.45) is 16.6 Å². The molecule has 3 aliphatic rings. The highest BCUT2D eigenvalue weighted by molar-refractivity contribution is 6.31. The number of carbonyl (C=O) groups is 1. The number of rotatable bonds is 4. The van der Waals surface area contributed by atoms with E-state index >= 15 is 0 Å². The van der Waals surface area contributed by atoms with Crippen LogP contribution < -0.4 is 11.1 Å². The third kappa shape index (κ3) is 4.77. The molecule has 4 heterocycles. The lowest BCUT2D eigenvalue weighted by atomic mass is 9.81. The molecule has 0 bridgehead atoms. The summed E-state index contributed by atoms with van der Waals surface area (Å²) in [6.07, 6.45) is 10.5. The molecule has 0 spiro atoms. The highest BCUT2D eigenvalue weighted by Gasteiger charge is 2.33. The molecule has 2 aliphatic heterocycles. The minimum Gasteiger partial charge on any atom is -0.337 e. The third-order valence-electron chi connectivity index (χ3n) is 6.96. The van der Waals surface area contributed by atoms with Gasteiger partial charge in [0.1, 0.15) is 0 Å². The van der Waals surface area contributed by atoms with Crippen molar-refractivity contribution in [2.45, 2.75) is 24.9 Å². The van der Waals surface area contributed by atoms with Gasteiger partial charge in [0.15, 0.2) is 0 Å². The van der Waals surface area contributed by atoms with Crippen molar-refractivity contribution in [3.8, 4) is 0 Å². The number of carbonyl (C=O) groups excluding carboxylic acids is 1. The molecule has 3 N–H and O–H groups in total. The summed E-state index contributed by atoms with van der Waals surface area (Å²) >= 11 is 6.41. The number of aromatic nitrogens is 3. The second-order valence-corrected chi connectivity index (χ2v) is 9.92. The second kappa shape index (κ2) is 9.88. The number of aliphatic imine (C=N–C) groups is 1. The zero-order chi connectivity index (χ0) is 25.4. The topological polar surface area (TPSA) is 109 Å². The molecule has 37 heavy (non-hydrogen) atoms. The number of fused-ring (bicyclic) bond motifs is 3. The maximum atomic E-state index is 12.7. The van der Waals surface area contributed by atoms with E-state index < -0.39 is 0 Å². The summed E-state index contributed by atoms with van der Waals surface area (Å²) in [5.74, 6) is 0.361. The van der Waals surface area contributed by atoms with Crippen LogP contribution in [0.3, 0.4) is 0 Å². The van der Waals surface area contributed by atoms with Crippen LogP contribution >= 0.6 is 11.6 Å². The number of nitrogens with one attached hydrogen (secondary N) is 1. The Kier molecular flexibility index (Phi) is 6.28. The van der Waals surface area contributed by atoms with Gasteiger partial charge in [-0.25, -0.2) is 9.97 Å². The summed E-state index contributed by atoms with van der Waals surface area (Å²) in [7, 11) is 0. The van der Waals surface area contributed by atoms with E-state index in [1.54, 1.807) is 11.1 Å². The largest absolute Gasteiger partial charge is 0.337 e. The Morgan fingerprint density at radius 3 is 2.73 bits per heavy atom. The lowest BCUT2D eigenvalue weighted by molar-refractivity contribution is 0.0791. The molecule has 3 aromatic rings. The summed E-state index contributed by atoms with van der Waals surface area (Å²) in [5.41, 5.74) is 11.0. The quantitative estimate of drug-likeness (QED) is 0.543. The predicted molar refractivity (Wildman–Crippen MR) is 144 cm³/mol. The summed E-state index contributed by atoms with van der Waals surface area (Å²) in [5, 5.41) is 3.95. The molecule has 3 unspecified atom stereocenters. The maximum absolute atomic E-state index is 12.7. The van der Waals surface area contributed by atoms with Crippen LogP contribution in [0.15, 0.2) is 83.1 Å². The van der Waals surface area contributed by atoms with Gasteiger partial charge in [-0.05, 0) is 48.9 Å². The molecule has 1 saturated heterocycles. The minimum absolute atomic E-state index is 0.00586. The molecule has 0 radical (unpaired) electrons. The Labute approximate surface area is 220 Å². The van der Waals surface area contributed by atoms with Crippen molar-refractivity contribution in [3.63, 3.8) is 0 Å². The van der Waals surface area contributed by atoms with Gasteiger partial charge >= 0.3 is 0 Å². The van der Waals surface area contributed by atoms with Gasteiger partial charge in [0.25, 0.3) is 5.91 Å². The van der Waals surface area contributed by atoms with Crippen LogP contribution in [-0.2, 0) is 6.54 Å². The summed E-state index contributed by atoms with van der Waals surface area (Å²) in [6, 6.07) is 13.3. The first-order chi connectivity index (χ1) is 18.0. The van der Waals surface area contributed by atoms with Crippen LogP contribution in [-0.4, -0.2) is 50.6 Å². The molecule has 9 heteroatoms. The number of halogens is 1. The van der Waals surface area contributed by atoms with Crippen LogP contribution in [0, 0.1) is 5.92 Å². The lowest BCUT2D eigenvalue weighted by Gasteiger charge is -2.25. The van der Waals surface area contributed by atoms with Gasteiger partial charge in [0.2, 0.25) is 5.95 Å². The van der Waals surface area contributed by atoms with E-state index in [0.717, 1.165) is 34.8 Å². The Bertz CT molecular complexity index is 1420. The van der Waals surface area contributed by atoms with Gasteiger partial charge in [-0.15, -0.1) is 0 Å². The minimum atomic E-state index is -0.0830. The number of likely N-dealkylation sites (tertiary alicyclic amines) is 1. The number of amides is 1. The number of hydrogen-bond donors (Lipinski definition) is 2. The Morgan fingerprint density at radius 2 is 1.97 bits per heavy atom. The van der Waals surface area contributed by atoms with Crippen LogP contribution in [0.1, 0.15) is 39.6 Å². The molecule has 1 aliphatic carbocycles. The van der Waals surface area contributed by atoms with Crippen molar-refractivity contribution in [2.75, 3.05) is 18.4 Å². The van der Waals surface area contributed by atoms with Gasteiger partial charge < -0.3 is 16.0 Å². The van der Waals surface area contributed by atoms with Gasteiger partial charge in [-0.3, -0.25) is 14.8 Å². The number of nitrogens with two attached hydrogens (primary N) is 1. The van der Waals surface area contributed by atoms with E-state index in [2.05, 4.69) is 21.4 Å². The SMILES string of the molecule is NC1CCN(C(=O)c2ccc(Nc3ncc4c(n3)C3C=CC(Cl)=CC3C(c3ccccn3)=NC4)cc2)C1. The summed E-state index contributed by atoms with van der Waals surface area (Å²) in [4.78, 5) is 33.4. The average molecular weight is 512 g/mol. The van der Waals surface area contributed by atoms with E-state index in [4.69, 9.17) is 27.3 Å². The van der Waals surface area contributed by atoms with Crippen molar-refractivity contribution in [1.82, 2.24) is 19.9 Å². The fourth-order valence-electron chi connectivity index (χ4n) is 5.07. The van der Waals surface area contributed by atoms with Crippen LogP contribution in [0.5, 0.6) is 0 Å². The normalized spacial score (nSPS) is 22.4. The first-order valence-corrected chi connectivity index (χ1v) is 12.7. The Morgan fingerprint density at radius 1 is 1.11 bits per heavy atom. The van der Waals surface area contributed by atoms with Gasteiger partial charge in [-0.1, -0.05) is 29.8 Å². The summed E-state index contributed by atoms with van der Waals surface area (Å²) in [6.45, 7) is 1.76. The molecule has 2 aromatic heterocycles. The lowest BCUT2D eigenvalue weighted by Crippen LogP contribution is -2.31. The summed E-state index contributed by atoms with van der Waals surface area (Å²) < 4.78 is 0. The number of anilines is 2. The number of allylic oxidation sites excluding steroid dienone is 4. The Hall–Kier alpha value is -3.88. The van der Waals surface area contributed by atoms with Crippen molar-refractivity contribution < 1.29 is 4.79 Å². The number of benzene rings is 1. The first kappa shape index (κ1) is 23.5. The third-order valence-corrected chi connectivity index (χ3v) is 7.22. The molecule has 1 amide bonds. The van der Waals surface area contributed by atoms with Gasteiger partial charge in [0.05, 0.1) is 23.6 Å². The molecular formula is C28H26ClN7O. The van der Waals surface area contributed by atoms with Crippen molar-refractivity contribution in [3.05, 3.63) is 101 Å². The monoisotopic (exact) mass is 511 g/mol. The first-order valence-electron chi connectivity index (χ1n) is 12.3. The highest BCUT2D eigenvalue weighted by atomic mass is 35.5. The predicted octanol–water partition coefficient (Wildman–Crippen LogP) is 4.18. The zero-order valence-electron chi connectivity index (χ0n) is 20.1. The molecule has 1 fully saturated rings. The van der Waals surface area contributed by atoms with E-state index in [1.807, 2.05) is 60.8 Å². The molecule has 186 valence electrons. The molecular weight excluding hydrogens is 486 g/mol. The molecule has 3 atom stereocenters. The van der Waals surface area contributed by atoms with Crippen molar-refractivity contribution in [1.29, 1.82) is 0 Å². The van der Waals surface area contributed by atoms with Crippen LogP contribution in [0.25, 0.3) is 0 Å². The standard InChI is InChI=1S/C28H26ClN7O/c29-19-6-9-22-23(13-19)26(24-3-1-2-11-31-24)32-14-18-15-33-28(35-25(18)22)34-21-7-4-17(5-8-21)27(37)36-12-10-20(30)16-36/h1-9,11,13,15,20,22-23H,10,12,14,16,30H2,(H,33,34,35). The van der Waals surface area contributed by atoms with Crippen LogP contribution in [0.4, 0.5) is 11.6 Å². The Balaban J connectivity index is 1.25. The number of nitrogens with zero attached hydrogens (tertiary/aromatic N) is 5. The van der Waals surface area contributed by atoms with Gasteiger partial charge in [0, 0.05) is 65.2 Å².